The molecule has 0 spiro atoms. The second-order valence-corrected chi connectivity index (χ2v) is 8.32. The van der Waals surface area contributed by atoms with Crippen LogP contribution in [-0.4, -0.2) is 53.1 Å². The monoisotopic (exact) mass is 412 g/mol. The van der Waals surface area contributed by atoms with Gasteiger partial charge in [-0.15, -0.1) is 11.8 Å². The van der Waals surface area contributed by atoms with Gasteiger partial charge in [0.25, 0.3) is 0 Å². The Morgan fingerprint density at radius 2 is 1.85 bits per heavy atom. The molecule has 0 bridgehead atoms. The average Bonchev–Trinajstić information content (AvgIpc) is 2.62. The lowest BCUT2D eigenvalue weighted by Gasteiger charge is -2.32. The molecule has 2 heterocycles. The molecule has 1 aliphatic rings. The predicted octanol–water partition coefficient (Wildman–Crippen LogP) is 3.76. The van der Waals surface area contributed by atoms with Gasteiger partial charge in [0.05, 0.1) is 15.3 Å². The van der Waals surface area contributed by atoms with Gasteiger partial charge in [0.2, 0.25) is 11.9 Å². The molecule has 1 saturated heterocycles. The highest BCUT2D eigenvalue weighted by Crippen LogP contribution is 2.38. The van der Waals surface area contributed by atoms with Gasteiger partial charge in [0, 0.05) is 31.1 Å². The Morgan fingerprint density at radius 3 is 2.50 bits per heavy atom. The first-order valence-electron chi connectivity index (χ1n) is 8.53. The van der Waals surface area contributed by atoms with E-state index in [1.807, 2.05) is 12.1 Å². The molecule has 2 aromatic rings. The van der Waals surface area contributed by atoms with Crippen LogP contribution < -0.4 is 10.6 Å². The molecule has 1 fully saturated rings. The fraction of sp³-hybridized carbons (Fsp3) is 0.471. The van der Waals surface area contributed by atoms with Crippen LogP contribution >= 0.6 is 35.0 Å². The first-order chi connectivity index (χ1) is 12.5. The Hall–Kier alpha value is -1.28. The van der Waals surface area contributed by atoms with E-state index >= 15 is 0 Å². The molecule has 1 aromatic heterocycles. The Labute approximate surface area is 168 Å². The Bertz CT molecular complexity index is 767. The van der Waals surface area contributed by atoms with Gasteiger partial charge in [0.15, 0.2) is 0 Å². The van der Waals surface area contributed by atoms with Crippen LogP contribution in [0.5, 0.6) is 0 Å². The number of hydrogen-bond acceptors (Lipinski definition) is 7. The number of halogens is 2. The molecule has 3 rings (SSSR count). The van der Waals surface area contributed by atoms with Gasteiger partial charge in [-0.25, -0.2) is 0 Å². The van der Waals surface area contributed by atoms with Gasteiger partial charge >= 0.3 is 0 Å². The minimum atomic E-state index is 0.0590. The van der Waals surface area contributed by atoms with Crippen LogP contribution in [0.3, 0.4) is 0 Å². The summed E-state index contributed by atoms with van der Waals surface area (Å²) in [5.41, 5.74) is 5.98. The summed E-state index contributed by atoms with van der Waals surface area (Å²) < 4.78 is 0. The molecular formula is C17H22Cl2N6S. The van der Waals surface area contributed by atoms with E-state index in [1.54, 1.807) is 17.8 Å². The Kier molecular flexibility index (Phi) is 6.45. The van der Waals surface area contributed by atoms with Crippen molar-refractivity contribution in [2.24, 2.45) is 0 Å². The van der Waals surface area contributed by atoms with E-state index in [0.29, 0.717) is 21.8 Å². The molecule has 1 atom stereocenters. The van der Waals surface area contributed by atoms with E-state index in [0.717, 1.165) is 37.5 Å². The summed E-state index contributed by atoms with van der Waals surface area (Å²) in [6.45, 7) is 5.84. The van der Waals surface area contributed by atoms with Gasteiger partial charge in [-0.2, -0.15) is 15.0 Å². The third-order valence-corrected chi connectivity index (χ3v) is 6.37. The number of anilines is 2. The van der Waals surface area contributed by atoms with Crippen LogP contribution in [-0.2, 0) is 0 Å². The third-order valence-electron chi connectivity index (χ3n) is 4.27. The number of likely N-dealkylation sites (N-methyl/N-ethyl adjacent to an activating group) is 1. The molecule has 2 N–H and O–H groups in total. The standard InChI is InChI=1S/C17H22Cl2N6S/c1-3-14(26-11-4-5-12(18)13(19)10-11)15-21-16(20)23-17(22-15)25-8-6-24(2)7-9-25/h4-5,10,14H,3,6-9H2,1-2H3,(H2,20,21,22,23). The lowest BCUT2D eigenvalue weighted by molar-refractivity contribution is 0.311. The first kappa shape index (κ1) is 19.5. The van der Waals surface area contributed by atoms with Crippen LogP contribution in [0.1, 0.15) is 24.4 Å². The molecule has 1 aliphatic heterocycles. The molecule has 1 unspecified atom stereocenters. The van der Waals surface area contributed by atoms with Gasteiger partial charge < -0.3 is 15.5 Å². The summed E-state index contributed by atoms with van der Waals surface area (Å²) in [7, 11) is 2.12. The van der Waals surface area contributed by atoms with Gasteiger partial charge in [0.1, 0.15) is 5.82 Å². The second kappa shape index (κ2) is 8.61. The molecule has 6 nitrogen and oxygen atoms in total. The third kappa shape index (κ3) is 4.71. The zero-order valence-electron chi connectivity index (χ0n) is 14.8. The molecule has 26 heavy (non-hydrogen) atoms. The fourth-order valence-corrected chi connectivity index (χ4v) is 4.12. The van der Waals surface area contributed by atoms with Crippen molar-refractivity contribution in [1.29, 1.82) is 0 Å². The number of nitrogen functional groups attached to an aromatic ring is 1. The second-order valence-electron chi connectivity index (χ2n) is 6.23. The number of piperazine rings is 1. The van der Waals surface area contributed by atoms with Crippen molar-refractivity contribution in [3.63, 3.8) is 0 Å². The van der Waals surface area contributed by atoms with E-state index in [9.17, 15) is 0 Å². The SMILES string of the molecule is CCC(Sc1ccc(Cl)c(Cl)c1)c1nc(N)nc(N2CCN(C)CC2)n1. The Balaban J connectivity index is 1.82. The number of hydrogen-bond donors (Lipinski definition) is 1. The van der Waals surface area contributed by atoms with Crippen LogP contribution in [0.2, 0.25) is 10.0 Å². The number of aromatic nitrogens is 3. The predicted molar refractivity (Wildman–Crippen MR) is 109 cm³/mol. The molecule has 0 amide bonds. The minimum Gasteiger partial charge on any atom is -0.368 e. The first-order valence-corrected chi connectivity index (χ1v) is 10.2. The fourth-order valence-electron chi connectivity index (χ4n) is 2.72. The summed E-state index contributed by atoms with van der Waals surface area (Å²) in [6.07, 6.45) is 0.858. The molecule has 1 aromatic carbocycles. The number of nitrogens with zero attached hydrogens (tertiary/aromatic N) is 5. The van der Waals surface area contributed by atoms with Crippen molar-refractivity contribution in [2.45, 2.75) is 23.5 Å². The van der Waals surface area contributed by atoms with Crippen molar-refractivity contribution >= 4 is 46.9 Å². The summed E-state index contributed by atoms with van der Waals surface area (Å²) in [5, 5.41) is 1.15. The van der Waals surface area contributed by atoms with Crippen molar-refractivity contribution < 1.29 is 0 Å². The smallest absolute Gasteiger partial charge is 0.230 e. The number of nitrogens with two attached hydrogens (primary N) is 1. The quantitative estimate of drug-likeness (QED) is 0.749. The highest BCUT2D eigenvalue weighted by atomic mass is 35.5. The van der Waals surface area contributed by atoms with Gasteiger partial charge in [-0.1, -0.05) is 30.1 Å². The maximum atomic E-state index is 6.13. The molecule has 140 valence electrons. The van der Waals surface area contributed by atoms with Crippen LogP contribution in [0.15, 0.2) is 23.1 Å². The topological polar surface area (TPSA) is 71.2 Å². The molecule has 0 radical (unpaired) electrons. The lowest BCUT2D eigenvalue weighted by atomic mass is 10.3. The van der Waals surface area contributed by atoms with Crippen LogP contribution in [0, 0.1) is 0 Å². The van der Waals surface area contributed by atoms with E-state index in [4.69, 9.17) is 33.9 Å². The highest BCUT2D eigenvalue weighted by molar-refractivity contribution is 7.99. The molecule has 0 saturated carbocycles. The number of thioether (sulfide) groups is 1. The zero-order valence-corrected chi connectivity index (χ0v) is 17.2. The average molecular weight is 413 g/mol. The van der Waals surface area contributed by atoms with Gasteiger partial charge in [-0.05, 0) is 31.7 Å². The van der Waals surface area contributed by atoms with Gasteiger partial charge in [-0.3, -0.25) is 0 Å². The number of rotatable bonds is 5. The maximum absolute atomic E-state index is 6.13. The van der Waals surface area contributed by atoms with E-state index in [-0.39, 0.29) is 11.2 Å². The van der Waals surface area contributed by atoms with Crippen molar-refractivity contribution in [3.05, 3.63) is 34.1 Å². The molecule has 0 aliphatic carbocycles. The van der Waals surface area contributed by atoms with E-state index < -0.39 is 0 Å². The summed E-state index contributed by atoms with van der Waals surface area (Å²) >= 11 is 13.8. The minimum absolute atomic E-state index is 0.0590. The molecule has 9 heteroatoms. The largest absolute Gasteiger partial charge is 0.368 e. The number of benzene rings is 1. The van der Waals surface area contributed by atoms with Crippen LogP contribution in [0.4, 0.5) is 11.9 Å². The van der Waals surface area contributed by atoms with E-state index in [1.165, 1.54) is 0 Å². The van der Waals surface area contributed by atoms with Crippen LogP contribution in [0.25, 0.3) is 0 Å². The van der Waals surface area contributed by atoms with Crippen molar-refractivity contribution in [3.8, 4) is 0 Å². The zero-order chi connectivity index (χ0) is 18.7. The maximum Gasteiger partial charge on any atom is 0.230 e. The van der Waals surface area contributed by atoms with Crippen molar-refractivity contribution in [1.82, 2.24) is 19.9 Å². The Morgan fingerprint density at radius 1 is 1.12 bits per heavy atom. The van der Waals surface area contributed by atoms with E-state index in [2.05, 4.69) is 33.7 Å². The highest BCUT2D eigenvalue weighted by Gasteiger charge is 2.21. The summed E-state index contributed by atoms with van der Waals surface area (Å²) in [4.78, 5) is 18.9. The lowest BCUT2D eigenvalue weighted by Crippen LogP contribution is -2.45. The molecular weight excluding hydrogens is 391 g/mol. The summed E-state index contributed by atoms with van der Waals surface area (Å²) in [6, 6.07) is 5.62. The van der Waals surface area contributed by atoms with Crippen molar-refractivity contribution in [2.75, 3.05) is 43.9 Å². The summed E-state index contributed by atoms with van der Waals surface area (Å²) in [5.74, 6) is 1.62. The normalized spacial score (nSPS) is 16.7.